The van der Waals surface area contributed by atoms with Crippen LogP contribution < -0.4 is 0 Å². The van der Waals surface area contributed by atoms with Crippen molar-refractivity contribution < 1.29 is 9.53 Å². The molecule has 0 aromatic rings. The number of rotatable bonds is 4. The van der Waals surface area contributed by atoms with E-state index < -0.39 is 0 Å². The molecule has 0 aromatic carbocycles. The molecule has 2 atom stereocenters. The van der Waals surface area contributed by atoms with Crippen LogP contribution in [0.15, 0.2) is 23.3 Å². The van der Waals surface area contributed by atoms with E-state index in [0.717, 1.165) is 25.7 Å². The van der Waals surface area contributed by atoms with Gasteiger partial charge in [-0.25, -0.2) is 0 Å². The molecule has 0 fully saturated rings. The predicted molar refractivity (Wildman–Crippen MR) is 75.3 cm³/mol. The first-order chi connectivity index (χ1) is 8.40. The van der Waals surface area contributed by atoms with E-state index in [0.29, 0.717) is 0 Å². The minimum Gasteiger partial charge on any atom is -0.469 e. The molecule has 0 spiro atoms. The molecule has 0 N–H and O–H groups in total. The van der Waals surface area contributed by atoms with E-state index in [9.17, 15) is 4.79 Å². The van der Waals surface area contributed by atoms with Gasteiger partial charge in [0.15, 0.2) is 0 Å². The van der Waals surface area contributed by atoms with Gasteiger partial charge in [-0.3, -0.25) is 4.79 Å². The van der Waals surface area contributed by atoms with Gasteiger partial charge in [-0.1, -0.05) is 30.2 Å². The van der Waals surface area contributed by atoms with Gasteiger partial charge in [-0.15, -0.1) is 0 Å². The molecule has 0 amide bonds. The standard InChI is InChI=1S/C16H26O2/c1-12(2)8-6-10-16(4)11-7-9-13(3)14(16)15(17)18-5/h8-9,14H,6-7,10-11H2,1-5H3. The van der Waals surface area contributed by atoms with Crippen LogP contribution in [-0.4, -0.2) is 13.1 Å². The lowest BCUT2D eigenvalue weighted by molar-refractivity contribution is -0.148. The molecule has 0 radical (unpaired) electrons. The highest BCUT2D eigenvalue weighted by atomic mass is 16.5. The van der Waals surface area contributed by atoms with E-state index in [2.05, 4.69) is 39.8 Å². The Bertz CT molecular complexity index is 361. The van der Waals surface area contributed by atoms with Crippen LogP contribution in [0.5, 0.6) is 0 Å². The smallest absolute Gasteiger partial charge is 0.313 e. The molecule has 0 heterocycles. The summed E-state index contributed by atoms with van der Waals surface area (Å²) in [6.07, 6.45) is 8.67. The minimum atomic E-state index is -0.0804. The van der Waals surface area contributed by atoms with Crippen LogP contribution in [0.3, 0.4) is 0 Å². The van der Waals surface area contributed by atoms with E-state index in [-0.39, 0.29) is 17.3 Å². The summed E-state index contributed by atoms with van der Waals surface area (Å²) in [6.45, 7) is 8.52. The van der Waals surface area contributed by atoms with Gasteiger partial charge in [0.2, 0.25) is 0 Å². The fourth-order valence-corrected chi connectivity index (χ4v) is 2.99. The summed E-state index contributed by atoms with van der Waals surface area (Å²) in [4.78, 5) is 12.0. The van der Waals surface area contributed by atoms with Crippen molar-refractivity contribution in [1.29, 1.82) is 0 Å². The monoisotopic (exact) mass is 250 g/mol. The number of hydrogen-bond donors (Lipinski definition) is 0. The van der Waals surface area contributed by atoms with Crippen LogP contribution in [0.2, 0.25) is 0 Å². The third-order valence-electron chi connectivity index (χ3n) is 4.04. The lowest BCUT2D eigenvalue weighted by Crippen LogP contribution is -2.37. The van der Waals surface area contributed by atoms with Gasteiger partial charge >= 0.3 is 5.97 Å². The lowest BCUT2D eigenvalue weighted by Gasteiger charge is -2.39. The molecular weight excluding hydrogens is 224 g/mol. The molecule has 0 bridgehead atoms. The van der Waals surface area contributed by atoms with Crippen LogP contribution in [-0.2, 0) is 9.53 Å². The number of carbonyl (C=O) groups is 1. The first kappa shape index (κ1) is 15.0. The van der Waals surface area contributed by atoms with E-state index >= 15 is 0 Å². The van der Waals surface area contributed by atoms with E-state index in [1.807, 2.05) is 0 Å². The second-order valence-corrected chi connectivity index (χ2v) is 5.92. The molecule has 2 heteroatoms. The zero-order valence-corrected chi connectivity index (χ0v) is 12.4. The topological polar surface area (TPSA) is 26.3 Å². The fraction of sp³-hybridized carbons (Fsp3) is 0.688. The number of allylic oxidation sites excluding steroid dienone is 3. The summed E-state index contributed by atoms with van der Waals surface area (Å²) >= 11 is 0. The van der Waals surface area contributed by atoms with Gasteiger partial charge in [0.25, 0.3) is 0 Å². The molecule has 1 aliphatic carbocycles. The van der Waals surface area contributed by atoms with Crippen molar-refractivity contribution in [2.45, 2.75) is 53.4 Å². The zero-order chi connectivity index (χ0) is 13.8. The van der Waals surface area contributed by atoms with Crippen LogP contribution >= 0.6 is 0 Å². The van der Waals surface area contributed by atoms with Gasteiger partial charge in [0, 0.05) is 0 Å². The van der Waals surface area contributed by atoms with Crippen LogP contribution in [0.1, 0.15) is 53.4 Å². The normalized spacial score (nSPS) is 27.4. The predicted octanol–water partition coefficient (Wildman–Crippen LogP) is 4.27. The summed E-state index contributed by atoms with van der Waals surface area (Å²) in [5, 5.41) is 0. The molecule has 1 aliphatic rings. The van der Waals surface area contributed by atoms with Crippen molar-refractivity contribution in [3.63, 3.8) is 0 Å². The van der Waals surface area contributed by atoms with Crippen molar-refractivity contribution >= 4 is 5.97 Å². The summed E-state index contributed by atoms with van der Waals surface area (Å²) in [6, 6.07) is 0. The molecule has 102 valence electrons. The highest BCUT2D eigenvalue weighted by molar-refractivity contribution is 5.76. The van der Waals surface area contributed by atoms with E-state index in [1.165, 1.54) is 18.3 Å². The maximum atomic E-state index is 12.0. The second-order valence-electron chi connectivity index (χ2n) is 5.92. The summed E-state index contributed by atoms with van der Waals surface area (Å²) < 4.78 is 4.99. The molecule has 0 aliphatic heterocycles. The number of esters is 1. The van der Waals surface area contributed by atoms with Crippen LogP contribution in [0.4, 0.5) is 0 Å². The third-order valence-corrected chi connectivity index (χ3v) is 4.04. The Balaban J connectivity index is 2.85. The first-order valence-electron chi connectivity index (χ1n) is 6.78. The molecule has 18 heavy (non-hydrogen) atoms. The molecule has 0 saturated carbocycles. The Labute approximate surface area is 111 Å². The average Bonchev–Trinajstić information content (AvgIpc) is 2.27. The Morgan fingerprint density at radius 3 is 2.78 bits per heavy atom. The van der Waals surface area contributed by atoms with Gasteiger partial charge in [-0.2, -0.15) is 0 Å². The Morgan fingerprint density at radius 1 is 1.56 bits per heavy atom. The third kappa shape index (κ3) is 3.47. The number of ether oxygens (including phenoxy) is 1. The molecular formula is C16H26O2. The number of carbonyl (C=O) groups excluding carboxylic acids is 1. The zero-order valence-electron chi connectivity index (χ0n) is 12.4. The Morgan fingerprint density at radius 2 is 2.22 bits per heavy atom. The quantitative estimate of drug-likeness (QED) is 0.550. The average molecular weight is 250 g/mol. The number of methoxy groups -OCH3 is 1. The Kier molecular flexibility index (Phi) is 5.18. The largest absolute Gasteiger partial charge is 0.469 e. The van der Waals surface area contributed by atoms with Crippen LogP contribution in [0, 0.1) is 11.3 Å². The van der Waals surface area contributed by atoms with Crippen molar-refractivity contribution in [3.8, 4) is 0 Å². The highest BCUT2D eigenvalue weighted by Crippen LogP contribution is 2.45. The Hall–Kier alpha value is -1.05. The molecule has 1 rings (SSSR count). The fourth-order valence-electron chi connectivity index (χ4n) is 2.99. The van der Waals surface area contributed by atoms with Crippen molar-refractivity contribution in [2.24, 2.45) is 11.3 Å². The maximum absolute atomic E-state index is 12.0. The van der Waals surface area contributed by atoms with Gasteiger partial charge in [0.05, 0.1) is 13.0 Å². The summed E-state index contributed by atoms with van der Waals surface area (Å²) in [7, 11) is 1.49. The summed E-state index contributed by atoms with van der Waals surface area (Å²) in [5.74, 6) is -0.148. The second kappa shape index (κ2) is 6.21. The minimum absolute atomic E-state index is 0.0396. The van der Waals surface area contributed by atoms with Gasteiger partial charge in [-0.05, 0) is 51.9 Å². The number of hydrogen-bond acceptors (Lipinski definition) is 2. The maximum Gasteiger partial charge on any atom is 0.313 e. The lowest BCUT2D eigenvalue weighted by atomic mass is 9.65. The van der Waals surface area contributed by atoms with Gasteiger partial charge in [0.1, 0.15) is 0 Å². The molecule has 0 aromatic heterocycles. The van der Waals surface area contributed by atoms with E-state index in [4.69, 9.17) is 4.74 Å². The van der Waals surface area contributed by atoms with Crippen molar-refractivity contribution in [1.82, 2.24) is 0 Å². The molecule has 2 unspecified atom stereocenters. The molecule has 2 nitrogen and oxygen atoms in total. The summed E-state index contributed by atoms with van der Waals surface area (Å²) in [5.41, 5.74) is 2.56. The van der Waals surface area contributed by atoms with Gasteiger partial charge < -0.3 is 4.74 Å². The van der Waals surface area contributed by atoms with E-state index in [1.54, 1.807) is 0 Å². The highest BCUT2D eigenvalue weighted by Gasteiger charge is 2.41. The SMILES string of the molecule is COC(=O)C1C(C)=CCCC1(C)CCC=C(C)C. The van der Waals surface area contributed by atoms with Crippen molar-refractivity contribution in [2.75, 3.05) is 7.11 Å². The first-order valence-corrected chi connectivity index (χ1v) is 6.78. The molecule has 0 saturated heterocycles. The van der Waals surface area contributed by atoms with Crippen LogP contribution in [0.25, 0.3) is 0 Å². The van der Waals surface area contributed by atoms with Crippen molar-refractivity contribution in [3.05, 3.63) is 23.3 Å².